The van der Waals surface area contributed by atoms with Crippen molar-refractivity contribution in [2.45, 2.75) is 52.6 Å². The van der Waals surface area contributed by atoms with Gasteiger partial charge in [-0.3, -0.25) is 19.4 Å². The summed E-state index contributed by atoms with van der Waals surface area (Å²) in [5.41, 5.74) is 0. The Morgan fingerprint density at radius 1 is 1.06 bits per heavy atom. The molecule has 1 saturated heterocycles. The van der Waals surface area contributed by atoms with Gasteiger partial charge in [0.15, 0.2) is 0 Å². The van der Waals surface area contributed by atoms with Crippen LogP contribution in [0.3, 0.4) is 0 Å². The molecule has 1 aliphatic heterocycles. The van der Waals surface area contributed by atoms with E-state index in [2.05, 4.69) is 32.6 Å². The first-order chi connectivity index (χ1) is 7.43. The zero-order valence-corrected chi connectivity index (χ0v) is 10.7. The maximum Gasteiger partial charge on any atom is 0.229 e. The van der Waals surface area contributed by atoms with Crippen molar-refractivity contribution in [2.75, 3.05) is 13.1 Å². The van der Waals surface area contributed by atoms with E-state index in [-0.39, 0.29) is 11.8 Å². The second kappa shape index (κ2) is 5.43. The molecule has 0 aromatic carbocycles. The van der Waals surface area contributed by atoms with Crippen molar-refractivity contribution in [3.05, 3.63) is 0 Å². The third kappa shape index (κ3) is 3.04. The first-order valence-electron chi connectivity index (χ1n) is 6.02. The molecule has 0 aliphatic carbocycles. The average molecular weight is 226 g/mol. The van der Waals surface area contributed by atoms with E-state index in [1.165, 1.54) is 4.90 Å². The normalized spacial score (nSPS) is 17.3. The van der Waals surface area contributed by atoms with E-state index in [0.717, 1.165) is 6.54 Å². The van der Waals surface area contributed by atoms with E-state index < -0.39 is 0 Å². The highest BCUT2D eigenvalue weighted by Crippen LogP contribution is 2.12. The topological polar surface area (TPSA) is 40.6 Å². The first-order valence-corrected chi connectivity index (χ1v) is 6.02. The Morgan fingerprint density at radius 2 is 1.50 bits per heavy atom. The van der Waals surface area contributed by atoms with E-state index in [1.54, 1.807) is 0 Å². The highest BCUT2D eigenvalue weighted by atomic mass is 16.2. The van der Waals surface area contributed by atoms with Crippen molar-refractivity contribution in [1.82, 2.24) is 9.80 Å². The number of nitrogens with zero attached hydrogens (tertiary/aromatic N) is 2. The third-order valence-electron chi connectivity index (χ3n) is 3.06. The Balaban J connectivity index is 2.49. The molecule has 0 spiro atoms. The predicted molar refractivity (Wildman–Crippen MR) is 62.9 cm³/mol. The molecular weight excluding hydrogens is 204 g/mol. The monoisotopic (exact) mass is 226 g/mol. The second-order valence-corrected chi connectivity index (χ2v) is 4.86. The Morgan fingerprint density at radius 3 is 1.88 bits per heavy atom. The first kappa shape index (κ1) is 13.2. The van der Waals surface area contributed by atoms with E-state index >= 15 is 0 Å². The summed E-state index contributed by atoms with van der Waals surface area (Å²) in [7, 11) is 0. The summed E-state index contributed by atoms with van der Waals surface area (Å²) in [4.78, 5) is 26.5. The van der Waals surface area contributed by atoms with Crippen molar-refractivity contribution < 1.29 is 9.59 Å². The zero-order chi connectivity index (χ0) is 12.3. The molecule has 4 nitrogen and oxygen atoms in total. The second-order valence-electron chi connectivity index (χ2n) is 4.86. The molecule has 16 heavy (non-hydrogen) atoms. The van der Waals surface area contributed by atoms with Crippen LogP contribution in [0.15, 0.2) is 0 Å². The summed E-state index contributed by atoms with van der Waals surface area (Å²) in [6, 6.07) is 0.876. The smallest absolute Gasteiger partial charge is 0.229 e. The van der Waals surface area contributed by atoms with Crippen molar-refractivity contribution in [2.24, 2.45) is 0 Å². The fourth-order valence-corrected chi connectivity index (χ4v) is 2.20. The number of likely N-dealkylation sites (tertiary alicyclic amines) is 1. The van der Waals surface area contributed by atoms with Crippen LogP contribution in [0.25, 0.3) is 0 Å². The maximum absolute atomic E-state index is 11.4. The molecule has 0 radical (unpaired) electrons. The highest BCUT2D eigenvalue weighted by Gasteiger charge is 2.29. The molecular formula is C12H22N2O2. The van der Waals surface area contributed by atoms with Gasteiger partial charge in [-0.15, -0.1) is 0 Å². The molecule has 92 valence electrons. The quantitative estimate of drug-likeness (QED) is 0.663. The van der Waals surface area contributed by atoms with Crippen molar-refractivity contribution in [3.8, 4) is 0 Å². The molecule has 0 unspecified atom stereocenters. The molecule has 0 aromatic rings. The van der Waals surface area contributed by atoms with Crippen molar-refractivity contribution in [3.63, 3.8) is 0 Å². The highest BCUT2D eigenvalue weighted by molar-refractivity contribution is 6.01. The van der Waals surface area contributed by atoms with Crippen molar-refractivity contribution in [1.29, 1.82) is 0 Å². The summed E-state index contributed by atoms with van der Waals surface area (Å²) in [5, 5.41) is 0. The average Bonchev–Trinajstić information content (AvgIpc) is 2.47. The number of rotatable bonds is 5. The lowest BCUT2D eigenvalue weighted by molar-refractivity contribution is -0.138. The van der Waals surface area contributed by atoms with Crippen molar-refractivity contribution >= 4 is 11.8 Å². The zero-order valence-electron chi connectivity index (χ0n) is 10.7. The molecule has 0 aromatic heterocycles. The maximum atomic E-state index is 11.4. The van der Waals surface area contributed by atoms with E-state index in [0.29, 0.717) is 31.5 Å². The summed E-state index contributed by atoms with van der Waals surface area (Å²) >= 11 is 0. The Kier molecular flexibility index (Phi) is 4.47. The fourth-order valence-electron chi connectivity index (χ4n) is 2.20. The van der Waals surface area contributed by atoms with Crippen LogP contribution in [0, 0.1) is 0 Å². The predicted octanol–water partition coefficient (Wildman–Crippen LogP) is 1.25. The summed E-state index contributed by atoms with van der Waals surface area (Å²) < 4.78 is 0. The SMILES string of the molecule is CC(C)N(CCN1C(=O)CCC1=O)C(C)C. The Labute approximate surface area is 97.6 Å². The van der Waals surface area contributed by atoms with Crippen LogP contribution in [0.5, 0.6) is 0 Å². The molecule has 1 aliphatic rings. The third-order valence-corrected chi connectivity index (χ3v) is 3.06. The molecule has 0 bridgehead atoms. The molecule has 1 heterocycles. The lowest BCUT2D eigenvalue weighted by atomic mass is 10.2. The van der Waals surface area contributed by atoms with Gasteiger partial charge in [-0.25, -0.2) is 0 Å². The van der Waals surface area contributed by atoms with Crippen LogP contribution >= 0.6 is 0 Å². The molecule has 1 fully saturated rings. The minimum absolute atomic E-state index is 0.0162. The van der Waals surface area contributed by atoms with E-state index in [9.17, 15) is 9.59 Å². The van der Waals surface area contributed by atoms with E-state index in [4.69, 9.17) is 0 Å². The molecule has 0 atom stereocenters. The van der Waals surface area contributed by atoms with Gasteiger partial charge in [0, 0.05) is 38.0 Å². The molecule has 0 saturated carbocycles. The molecule has 0 N–H and O–H groups in total. The number of amides is 2. The Bertz CT molecular complexity index is 250. The van der Waals surface area contributed by atoms with E-state index in [1.807, 2.05) is 0 Å². The minimum atomic E-state index is -0.0162. The van der Waals surface area contributed by atoms with Crippen LogP contribution in [0.1, 0.15) is 40.5 Å². The largest absolute Gasteiger partial charge is 0.297 e. The number of carbonyl (C=O) groups is 2. The summed E-state index contributed by atoms with van der Waals surface area (Å²) in [6.07, 6.45) is 0.782. The summed E-state index contributed by atoms with van der Waals surface area (Å²) in [5.74, 6) is -0.0325. The van der Waals surface area contributed by atoms with Crippen LogP contribution in [-0.4, -0.2) is 46.8 Å². The van der Waals surface area contributed by atoms with Gasteiger partial charge in [0.1, 0.15) is 0 Å². The van der Waals surface area contributed by atoms with Gasteiger partial charge in [0.25, 0.3) is 0 Å². The van der Waals surface area contributed by atoms with Gasteiger partial charge >= 0.3 is 0 Å². The van der Waals surface area contributed by atoms with Crippen LogP contribution in [0.4, 0.5) is 0 Å². The van der Waals surface area contributed by atoms with Crippen LogP contribution < -0.4 is 0 Å². The minimum Gasteiger partial charge on any atom is -0.297 e. The van der Waals surface area contributed by atoms with Crippen LogP contribution in [0.2, 0.25) is 0 Å². The number of imide groups is 1. The standard InChI is InChI=1S/C12H22N2O2/c1-9(2)13(10(3)4)7-8-14-11(15)5-6-12(14)16/h9-10H,5-8H2,1-4H3. The van der Waals surface area contributed by atoms with Crippen LogP contribution in [-0.2, 0) is 9.59 Å². The fraction of sp³-hybridized carbons (Fsp3) is 0.833. The number of hydrogen-bond acceptors (Lipinski definition) is 3. The molecule has 4 heteroatoms. The number of carbonyl (C=O) groups excluding carboxylic acids is 2. The lowest BCUT2D eigenvalue weighted by Crippen LogP contribution is -2.43. The lowest BCUT2D eigenvalue weighted by Gasteiger charge is -2.31. The Hall–Kier alpha value is -0.900. The van der Waals surface area contributed by atoms with Gasteiger partial charge in [-0.1, -0.05) is 0 Å². The molecule has 1 rings (SSSR count). The number of hydrogen-bond donors (Lipinski definition) is 0. The van der Waals surface area contributed by atoms with Gasteiger partial charge in [0.2, 0.25) is 11.8 Å². The van der Waals surface area contributed by atoms with Gasteiger partial charge in [0.05, 0.1) is 0 Å². The van der Waals surface area contributed by atoms with Gasteiger partial charge < -0.3 is 0 Å². The summed E-state index contributed by atoms with van der Waals surface area (Å²) in [6.45, 7) is 9.84. The molecule has 2 amide bonds. The van der Waals surface area contributed by atoms with Gasteiger partial charge in [-0.2, -0.15) is 0 Å². The van der Waals surface area contributed by atoms with Gasteiger partial charge in [-0.05, 0) is 27.7 Å².